The van der Waals surface area contributed by atoms with Gasteiger partial charge in [0.2, 0.25) is 11.8 Å². The van der Waals surface area contributed by atoms with Gasteiger partial charge in [0.25, 0.3) is 5.91 Å². The Morgan fingerprint density at radius 3 is 2.49 bits per heavy atom. The standard InChI is InChI=1S/C28H32ClN3O4S/c1-5-28(2,3)31-27(35)25(19-11-8-12-21(16-19)36-4)32(18-20-10-6-7-13-22(20)29)24(33)17-30-26(34)23-14-9-15-37-23/h6-16,25H,5,17-18H2,1-4H3,(H,30,34)(H,31,35)/t25-/m0/s1. The number of hydrogen-bond acceptors (Lipinski definition) is 5. The lowest BCUT2D eigenvalue weighted by Gasteiger charge is -2.35. The first-order valence-corrected chi connectivity index (χ1v) is 13.2. The van der Waals surface area contributed by atoms with E-state index < -0.39 is 17.5 Å². The second-order valence-corrected chi connectivity index (χ2v) is 10.5. The number of carbonyl (C=O) groups is 3. The zero-order valence-corrected chi connectivity index (χ0v) is 23.0. The summed E-state index contributed by atoms with van der Waals surface area (Å²) in [6.45, 7) is 5.61. The minimum Gasteiger partial charge on any atom is -0.497 e. The summed E-state index contributed by atoms with van der Waals surface area (Å²) in [5.74, 6) is -0.566. The number of ether oxygens (including phenoxy) is 1. The summed E-state index contributed by atoms with van der Waals surface area (Å²) in [6, 6.07) is 16.7. The number of thiophene rings is 1. The largest absolute Gasteiger partial charge is 0.497 e. The van der Waals surface area contributed by atoms with Crippen molar-refractivity contribution in [3.8, 4) is 5.75 Å². The molecule has 0 aliphatic carbocycles. The summed E-state index contributed by atoms with van der Waals surface area (Å²) in [7, 11) is 1.54. The van der Waals surface area contributed by atoms with Crippen LogP contribution >= 0.6 is 22.9 Å². The molecule has 0 unspecified atom stereocenters. The molecule has 7 nitrogen and oxygen atoms in total. The SMILES string of the molecule is CCC(C)(C)NC(=O)[C@H](c1cccc(OC)c1)N(Cc1ccccc1Cl)C(=O)CNC(=O)c1cccs1. The Labute approximate surface area is 226 Å². The summed E-state index contributed by atoms with van der Waals surface area (Å²) in [5, 5.41) is 8.02. The first-order chi connectivity index (χ1) is 17.6. The number of rotatable bonds is 11. The Balaban J connectivity index is 2.02. The molecule has 1 atom stereocenters. The number of amides is 3. The normalized spacial score (nSPS) is 11.9. The van der Waals surface area contributed by atoms with E-state index in [-0.39, 0.29) is 24.9 Å². The Kier molecular flexibility index (Phi) is 9.72. The molecule has 3 aromatic rings. The van der Waals surface area contributed by atoms with Crippen molar-refractivity contribution in [1.82, 2.24) is 15.5 Å². The third-order valence-electron chi connectivity index (χ3n) is 6.08. The Hall–Kier alpha value is -3.36. The number of hydrogen-bond donors (Lipinski definition) is 2. The molecule has 0 aliphatic heterocycles. The molecule has 1 aromatic heterocycles. The van der Waals surface area contributed by atoms with Crippen molar-refractivity contribution in [3.63, 3.8) is 0 Å². The van der Waals surface area contributed by atoms with Gasteiger partial charge in [0.15, 0.2) is 0 Å². The van der Waals surface area contributed by atoms with Crippen LogP contribution in [0.5, 0.6) is 5.75 Å². The van der Waals surface area contributed by atoms with E-state index in [1.54, 1.807) is 61.0 Å². The van der Waals surface area contributed by atoms with Crippen LogP contribution in [0.25, 0.3) is 0 Å². The van der Waals surface area contributed by atoms with Crippen LogP contribution in [0.15, 0.2) is 66.0 Å². The molecular formula is C28H32ClN3O4S. The van der Waals surface area contributed by atoms with Crippen molar-refractivity contribution in [2.24, 2.45) is 0 Å². The third-order valence-corrected chi connectivity index (χ3v) is 7.32. The molecule has 196 valence electrons. The quantitative estimate of drug-likeness (QED) is 0.348. The maximum absolute atomic E-state index is 13.8. The van der Waals surface area contributed by atoms with E-state index >= 15 is 0 Å². The molecule has 37 heavy (non-hydrogen) atoms. The van der Waals surface area contributed by atoms with E-state index in [9.17, 15) is 14.4 Å². The second-order valence-electron chi connectivity index (χ2n) is 9.18. The van der Waals surface area contributed by atoms with Crippen molar-refractivity contribution in [1.29, 1.82) is 0 Å². The topological polar surface area (TPSA) is 87.7 Å². The molecule has 0 saturated heterocycles. The van der Waals surface area contributed by atoms with E-state index in [0.717, 1.165) is 0 Å². The van der Waals surface area contributed by atoms with Crippen molar-refractivity contribution in [3.05, 3.63) is 87.1 Å². The average molecular weight is 542 g/mol. The van der Waals surface area contributed by atoms with Crippen LogP contribution < -0.4 is 15.4 Å². The predicted octanol–water partition coefficient (Wildman–Crippen LogP) is 5.21. The van der Waals surface area contributed by atoms with E-state index in [1.807, 2.05) is 32.9 Å². The second kappa shape index (κ2) is 12.7. The molecule has 0 bridgehead atoms. The van der Waals surface area contributed by atoms with Crippen LogP contribution in [-0.2, 0) is 16.1 Å². The van der Waals surface area contributed by atoms with Crippen LogP contribution in [0.1, 0.15) is 54.0 Å². The fraction of sp³-hybridized carbons (Fsp3) is 0.321. The van der Waals surface area contributed by atoms with Gasteiger partial charge in [-0.1, -0.05) is 54.9 Å². The first-order valence-electron chi connectivity index (χ1n) is 12.0. The van der Waals surface area contributed by atoms with Crippen molar-refractivity contribution >= 4 is 40.7 Å². The van der Waals surface area contributed by atoms with Crippen LogP contribution in [0.4, 0.5) is 0 Å². The van der Waals surface area contributed by atoms with Gasteiger partial charge in [-0.05, 0) is 61.0 Å². The molecule has 1 heterocycles. The number of nitrogens with one attached hydrogen (secondary N) is 2. The minimum atomic E-state index is -0.997. The summed E-state index contributed by atoms with van der Waals surface area (Å²) in [6.07, 6.45) is 0.693. The zero-order valence-electron chi connectivity index (χ0n) is 21.4. The highest BCUT2D eigenvalue weighted by molar-refractivity contribution is 7.12. The first kappa shape index (κ1) is 28.2. The van der Waals surface area contributed by atoms with Gasteiger partial charge < -0.3 is 20.3 Å². The van der Waals surface area contributed by atoms with Gasteiger partial charge in [-0.15, -0.1) is 11.3 Å². The van der Waals surface area contributed by atoms with Crippen LogP contribution in [0.3, 0.4) is 0 Å². The maximum atomic E-state index is 13.8. The van der Waals surface area contributed by atoms with Crippen LogP contribution in [0.2, 0.25) is 5.02 Å². The highest BCUT2D eigenvalue weighted by Crippen LogP contribution is 2.29. The van der Waals surface area contributed by atoms with Gasteiger partial charge in [0.1, 0.15) is 11.8 Å². The van der Waals surface area contributed by atoms with Gasteiger partial charge >= 0.3 is 0 Å². The molecule has 3 amide bonds. The smallest absolute Gasteiger partial charge is 0.261 e. The number of carbonyl (C=O) groups excluding carboxylic acids is 3. The summed E-state index contributed by atoms with van der Waals surface area (Å²) in [4.78, 5) is 42.0. The monoisotopic (exact) mass is 541 g/mol. The summed E-state index contributed by atoms with van der Waals surface area (Å²) >= 11 is 7.73. The van der Waals surface area contributed by atoms with Gasteiger partial charge in [-0.3, -0.25) is 14.4 Å². The number of halogens is 1. The molecule has 2 aromatic carbocycles. The molecule has 3 rings (SSSR count). The molecule has 0 spiro atoms. The van der Waals surface area contributed by atoms with Crippen molar-refractivity contribution in [2.45, 2.75) is 45.3 Å². The van der Waals surface area contributed by atoms with Gasteiger partial charge in [-0.25, -0.2) is 0 Å². The van der Waals surface area contributed by atoms with E-state index in [0.29, 0.717) is 33.2 Å². The Bertz CT molecular complexity index is 1230. The lowest BCUT2D eigenvalue weighted by atomic mass is 9.98. The number of nitrogens with zero attached hydrogens (tertiary/aromatic N) is 1. The van der Waals surface area contributed by atoms with Gasteiger partial charge in [0, 0.05) is 17.1 Å². The lowest BCUT2D eigenvalue weighted by Crippen LogP contribution is -2.51. The van der Waals surface area contributed by atoms with Crippen LogP contribution in [-0.4, -0.2) is 41.8 Å². The Morgan fingerprint density at radius 1 is 1.08 bits per heavy atom. The molecule has 0 radical (unpaired) electrons. The van der Waals surface area contributed by atoms with Gasteiger partial charge in [0.05, 0.1) is 18.5 Å². The third kappa shape index (κ3) is 7.57. The van der Waals surface area contributed by atoms with E-state index in [4.69, 9.17) is 16.3 Å². The molecule has 9 heteroatoms. The molecule has 0 aliphatic rings. The Morgan fingerprint density at radius 2 is 1.84 bits per heavy atom. The summed E-state index contributed by atoms with van der Waals surface area (Å²) in [5.41, 5.74) is 0.757. The number of benzene rings is 2. The highest BCUT2D eigenvalue weighted by atomic mass is 35.5. The van der Waals surface area contributed by atoms with E-state index in [2.05, 4.69) is 10.6 Å². The molecule has 0 fully saturated rings. The maximum Gasteiger partial charge on any atom is 0.261 e. The molecular weight excluding hydrogens is 510 g/mol. The van der Waals surface area contributed by atoms with Crippen molar-refractivity contribution in [2.75, 3.05) is 13.7 Å². The fourth-order valence-corrected chi connectivity index (χ4v) is 4.50. The highest BCUT2D eigenvalue weighted by Gasteiger charge is 2.34. The van der Waals surface area contributed by atoms with Crippen molar-refractivity contribution < 1.29 is 19.1 Å². The average Bonchev–Trinajstić information content (AvgIpc) is 3.43. The predicted molar refractivity (Wildman–Crippen MR) is 147 cm³/mol. The molecule has 2 N–H and O–H groups in total. The zero-order chi connectivity index (χ0) is 27.0. The van der Waals surface area contributed by atoms with Crippen LogP contribution in [0, 0.1) is 0 Å². The lowest BCUT2D eigenvalue weighted by molar-refractivity contribution is -0.141. The summed E-state index contributed by atoms with van der Waals surface area (Å²) < 4.78 is 5.39. The van der Waals surface area contributed by atoms with E-state index in [1.165, 1.54) is 16.2 Å². The fourth-order valence-electron chi connectivity index (χ4n) is 3.66. The van der Waals surface area contributed by atoms with Gasteiger partial charge in [-0.2, -0.15) is 0 Å². The minimum absolute atomic E-state index is 0.0647. The molecule has 0 saturated carbocycles. The number of methoxy groups -OCH3 is 1.